The predicted octanol–water partition coefficient (Wildman–Crippen LogP) is 1.83. The molecule has 0 amide bonds. The van der Waals surface area contributed by atoms with Crippen LogP contribution in [0.2, 0.25) is 0 Å². The summed E-state index contributed by atoms with van der Waals surface area (Å²) in [6, 6.07) is 1.15. The van der Waals surface area contributed by atoms with Gasteiger partial charge in [0.05, 0.1) is 5.76 Å². The van der Waals surface area contributed by atoms with E-state index in [4.69, 9.17) is 5.11 Å². The third-order valence-corrected chi connectivity index (χ3v) is 2.18. The van der Waals surface area contributed by atoms with Gasteiger partial charge in [-0.3, -0.25) is 0 Å². The molecular formula is C9H17NO. The summed E-state index contributed by atoms with van der Waals surface area (Å²) in [4.78, 5) is 0. The van der Waals surface area contributed by atoms with Gasteiger partial charge in [0.2, 0.25) is 0 Å². The first-order valence-electron chi connectivity index (χ1n) is 4.23. The van der Waals surface area contributed by atoms with Gasteiger partial charge in [-0.15, -0.1) is 0 Å². The lowest BCUT2D eigenvalue weighted by atomic mass is 9.79. The second-order valence-corrected chi connectivity index (χ2v) is 3.68. The lowest BCUT2D eigenvalue weighted by molar-refractivity contribution is 0.185. The van der Waals surface area contributed by atoms with Crippen LogP contribution >= 0.6 is 0 Å². The van der Waals surface area contributed by atoms with E-state index in [1.54, 1.807) is 0 Å². The Bertz CT molecular complexity index is 148. The molecule has 1 aliphatic carbocycles. The van der Waals surface area contributed by atoms with Crippen LogP contribution in [0.15, 0.2) is 12.3 Å². The molecule has 0 radical (unpaired) electrons. The van der Waals surface area contributed by atoms with E-state index in [0.29, 0.717) is 23.8 Å². The van der Waals surface area contributed by atoms with Gasteiger partial charge in [-0.1, -0.05) is 20.4 Å². The quantitative estimate of drug-likeness (QED) is 0.609. The van der Waals surface area contributed by atoms with E-state index in [0.717, 1.165) is 12.8 Å². The smallest absolute Gasteiger partial charge is 0.0883 e. The molecule has 1 rings (SSSR count). The van der Waals surface area contributed by atoms with Crippen molar-refractivity contribution in [2.24, 2.45) is 5.92 Å². The maximum atomic E-state index is 9.00. The fourth-order valence-corrected chi connectivity index (χ4v) is 1.50. The predicted molar refractivity (Wildman–Crippen MR) is 46.6 cm³/mol. The fraction of sp³-hybridized carbons (Fsp3) is 0.778. The minimum Gasteiger partial charge on any atom is -0.513 e. The first-order chi connectivity index (χ1) is 5.09. The molecule has 0 aromatic heterocycles. The van der Waals surface area contributed by atoms with E-state index >= 15 is 0 Å². The first-order valence-corrected chi connectivity index (χ1v) is 4.23. The van der Waals surface area contributed by atoms with Crippen molar-refractivity contribution in [3.63, 3.8) is 0 Å². The summed E-state index contributed by atoms with van der Waals surface area (Å²) in [7, 11) is 0. The van der Waals surface area contributed by atoms with Crippen LogP contribution < -0.4 is 5.32 Å². The molecule has 11 heavy (non-hydrogen) atoms. The molecule has 0 aliphatic heterocycles. The zero-order valence-corrected chi connectivity index (χ0v) is 7.30. The number of hydrogen-bond acceptors (Lipinski definition) is 2. The van der Waals surface area contributed by atoms with Gasteiger partial charge in [0, 0.05) is 18.0 Å². The number of allylic oxidation sites excluding steroid dienone is 1. The number of nitrogens with one attached hydrogen (secondary N) is 1. The van der Waals surface area contributed by atoms with Crippen LogP contribution in [0.5, 0.6) is 0 Å². The van der Waals surface area contributed by atoms with Crippen LogP contribution in [-0.2, 0) is 0 Å². The summed E-state index contributed by atoms with van der Waals surface area (Å²) in [6.45, 7) is 7.80. The van der Waals surface area contributed by atoms with Gasteiger partial charge in [0.15, 0.2) is 0 Å². The van der Waals surface area contributed by atoms with Crippen molar-refractivity contribution in [1.82, 2.24) is 5.32 Å². The third-order valence-electron chi connectivity index (χ3n) is 2.18. The molecule has 0 heterocycles. The number of aliphatic hydroxyl groups is 1. The van der Waals surface area contributed by atoms with E-state index in [1.807, 2.05) is 0 Å². The molecule has 1 saturated carbocycles. The molecule has 2 nitrogen and oxygen atoms in total. The number of hydrogen-bond donors (Lipinski definition) is 2. The first kappa shape index (κ1) is 8.60. The van der Waals surface area contributed by atoms with Gasteiger partial charge in [0.1, 0.15) is 0 Å². The third kappa shape index (κ3) is 2.22. The topological polar surface area (TPSA) is 32.3 Å². The van der Waals surface area contributed by atoms with E-state index < -0.39 is 0 Å². The molecule has 0 aromatic carbocycles. The van der Waals surface area contributed by atoms with Crippen molar-refractivity contribution in [3.05, 3.63) is 12.3 Å². The van der Waals surface area contributed by atoms with Crippen LogP contribution in [0, 0.1) is 5.92 Å². The molecule has 0 spiro atoms. The van der Waals surface area contributed by atoms with Crippen molar-refractivity contribution in [2.45, 2.75) is 38.8 Å². The summed E-state index contributed by atoms with van der Waals surface area (Å²) >= 11 is 0. The maximum Gasteiger partial charge on any atom is 0.0883 e. The Morgan fingerprint density at radius 2 is 2.09 bits per heavy atom. The van der Waals surface area contributed by atoms with Gasteiger partial charge in [0.25, 0.3) is 0 Å². The van der Waals surface area contributed by atoms with Crippen molar-refractivity contribution in [1.29, 1.82) is 0 Å². The molecule has 2 heteroatoms. The van der Waals surface area contributed by atoms with E-state index in [-0.39, 0.29) is 0 Å². The maximum absolute atomic E-state index is 9.00. The van der Waals surface area contributed by atoms with Crippen molar-refractivity contribution in [3.8, 4) is 0 Å². The molecule has 0 saturated heterocycles. The highest BCUT2D eigenvalue weighted by atomic mass is 16.3. The SMILES string of the molecule is C=C(O)C1CC(NC(C)C)C1. The highest BCUT2D eigenvalue weighted by molar-refractivity contribution is 5.00. The van der Waals surface area contributed by atoms with Crippen LogP contribution in [0.25, 0.3) is 0 Å². The molecule has 1 fully saturated rings. The van der Waals surface area contributed by atoms with E-state index in [1.165, 1.54) is 0 Å². The zero-order chi connectivity index (χ0) is 8.43. The normalized spacial score (nSPS) is 30.1. The van der Waals surface area contributed by atoms with Gasteiger partial charge in [-0.05, 0) is 12.8 Å². The summed E-state index contributed by atoms with van der Waals surface area (Å²) < 4.78 is 0. The van der Waals surface area contributed by atoms with Gasteiger partial charge in [-0.25, -0.2) is 0 Å². The van der Waals surface area contributed by atoms with Crippen LogP contribution in [0.4, 0.5) is 0 Å². The standard InChI is InChI=1S/C9H17NO/c1-6(2)10-9-4-8(5-9)7(3)11/h6,8-11H,3-5H2,1-2H3. The Kier molecular flexibility index (Phi) is 2.55. The van der Waals surface area contributed by atoms with Gasteiger partial charge in [-0.2, -0.15) is 0 Å². The summed E-state index contributed by atoms with van der Waals surface area (Å²) in [5.74, 6) is 0.707. The molecule has 0 unspecified atom stereocenters. The summed E-state index contributed by atoms with van der Waals surface area (Å²) in [6.07, 6.45) is 2.10. The highest BCUT2D eigenvalue weighted by Crippen LogP contribution is 2.31. The average molecular weight is 155 g/mol. The number of aliphatic hydroxyl groups excluding tert-OH is 1. The van der Waals surface area contributed by atoms with Crippen LogP contribution in [-0.4, -0.2) is 17.2 Å². The molecule has 1 aliphatic rings. The molecule has 0 aromatic rings. The van der Waals surface area contributed by atoms with Crippen molar-refractivity contribution >= 4 is 0 Å². The molecule has 64 valence electrons. The Hall–Kier alpha value is -0.500. The zero-order valence-electron chi connectivity index (χ0n) is 7.30. The minimum atomic E-state index is 0.353. The Morgan fingerprint density at radius 1 is 1.55 bits per heavy atom. The summed E-state index contributed by atoms with van der Waals surface area (Å²) in [5.41, 5.74) is 0. The number of rotatable bonds is 3. The molecular weight excluding hydrogens is 138 g/mol. The highest BCUT2D eigenvalue weighted by Gasteiger charge is 2.30. The average Bonchev–Trinajstić information content (AvgIpc) is 1.75. The van der Waals surface area contributed by atoms with Gasteiger partial charge < -0.3 is 10.4 Å². The van der Waals surface area contributed by atoms with E-state index in [2.05, 4.69) is 25.7 Å². The largest absolute Gasteiger partial charge is 0.513 e. The molecule has 0 atom stereocenters. The van der Waals surface area contributed by atoms with E-state index in [9.17, 15) is 0 Å². The molecule has 2 N–H and O–H groups in total. The second kappa shape index (κ2) is 3.26. The fourth-order valence-electron chi connectivity index (χ4n) is 1.50. The Balaban J connectivity index is 2.14. The van der Waals surface area contributed by atoms with Crippen molar-refractivity contribution < 1.29 is 5.11 Å². The van der Waals surface area contributed by atoms with Crippen LogP contribution in [0.3, 0.4) is 0 Å². The van der Waals surface area contributed by atoms with Crippen LogP contribution in [0.1, 0.15) is 26.7 Å². The Labute approximate surface area is 68.3 Å². The van der Waals surface area contributed by atoms with Crippen molar-refractivity contribution in [2.75, 3.05) is 0 Å². The lowest BCUT2D eigenvalue weighted by Gasteiger charge is -2.36. The lowest BCUT2D eigenvalue weighted by Crippen LogP contribution is -2.44. The minimum absolute atomic E-state index is 0.353. The van der Waals surface area contributed by atoms with Gasteiger partial charge >= 0.3 is 0 Å². The second-order valence-electron chi connectivity index (χ2n) is 3.68. The summed E-state index contributed by atoms with van der Waals surface area (Å²) in [5, 5.41) is 12.4. The molecule has 0 bridgehead atoms. The Morgan fingerprint density at radius 3 is 2.45 bits per heavy atom. The monoisotopic (exact) mass is 155 g/mol.